The Hall–Kier alpha value is -0.883. The lowest BCUT2D eigenvalue weighted by Crippen LogP contribution is -2.22. The summed E-state index contributed by atoms with van der Waals surface area (Å²) in [5.41, 5.74) is 1.94. The van der Waals surface area contributed by atoms with Gasteiger partial charge in [-0.15, -0.1) is 0 Å². The molecule has 0 saturated heterocycles. The molecule has 0 spiro atoms. The largest absolute Gasteiger partial charge is 0.375 e. The number of ketones is 1. The Morgan fingerprint density at radius 3 is 2.50 bits per heavy atom. The fraction of sp³-hybridized carbons (Fsp3) is 0.312. The summed E-state index contributed by atoms with van der Waals surface area (Å²) in [6.45, 7) is 6.95. The maximum absolute atomic E-state index is 12.0. The summed E-state index contributed by atoms with van der Waals surface area (Å²) < 4.78 is 1.21. The highest BCUT2D eigenvalue weighted by Crippen LogP contribution is 2.22. The third kappa shape index (κ3) is 4.31. The second kappa shape index (κ2) is 6.26. The van der Waals surface area contributed by atoms with E-state index in [9.17, 15) is 4.79 Å². The molecule has 0 heterocycles. The van der Waals surface area contributed by atoms with Gasteiger partial charge in [-0.3, -0.25) is 4.79 Å². The van der Waals surface area contributed by atoms with E-state index in [0.29, 0.717) is 0 Å². The predicted molar refractivity (Wildman–Crippen MR) is 97.0 cm³/mol. The van der Waals surface area contributed by atoms with Crippen molar-refractivity contribution >= 4 is 42.1 Å². The first kappa shape index (κ1) is 15.5. The molecule has 0 unspecified atom stereocenters. The molecule has 0 aromatic heterocycles. The van der Waals surface area contributed by atoms with Crippen LogP contribution in [0.25, 0.3) is 0 Å². The van der Waals surface area contributed by atoms with E-state index < -0.39 is 8.07 Å². The molecule has 0 bridgehead atoms. The zero-order valence-corrected chi connectivity index (χ0v) is 15.3. The molecule has 0 saturated carbocycles. The number of halogens is 1. The monoisotopic (exact) mass is 397 g/mol. The van der Waals surface area contributed by atoms with Gasteiger partial charge in [0.25, 0.3) is 0 Å². The van der Waals surface area contributed by atoms with E-state index in [1.54, 1.807) is 6.08 Å². The van der Waals surface area contributed by atoms with Crippen molar-refractivity contribution in [1.29, 1.82) is 0 Å². The van der Waals surface area contributed by atoms with Crippen molar-refractivity contribution in [3.05, 3.63) is 51.6 Å². The lowest BCUT2D eigenvalue weighted by molar-refractivity contribution is -0.111. The molecule has 1 aliphatic carbocycles. The smallest absolute Gasteiger partial charge is 0.183 e. The number of allylic oxidation sites excluding steroid dienone is 2. The van der Waals surface area contributed by atoms with E-state index >= 15 is 0 Å². The predicted octanol–water partition coefficient (Wildman–Crippen LogP) is 4.48. The SMILES string of the molecule is C[Si](C)(C)C/C=C1\C(=O)C=C[C@@H]1Nc1ccc(I)cc1. The molecule has 1 N–H and O–H groups in total. The van der Waals surface area contributed by atoms with Gasteiger partial charge in [-0.2, -0.15) is 0 Å². The van der Waals surface area contributed by atoms with Crippen molar-refractivity contribution in [3.8, 4) is 0 Å². The van der Waals surface area contributed by atoms with Crippen LogP contribution < -0.4 is 5.32 Å². The Morgan fingerprint density at radius 1 is 1.25 bits per heavy atom. The molecular weight excluding hydrogens is 377 g/mol. The molecule has 1 aromatic carbocycles. The van der Waals surface area contributed by atoms with Gasteiger partial charge in [-0.1, -0.05) is 31.8 Å². The fourth-order valence-corrected chi connectivity index (χ4v) is 3.22. The molecule has 0 amide bonds. The van der Waals surface area contributed by atoms with Crippen LogP contribution in [0.1, 0.15) is 0 Å². The van der Waals surface area contributed by atoms with Gasteiger partial charge in [0.05, 0.1) is 6.04 Å². The van der Waals surface area contributed by atoms with Crippen LogP contribution in [-0.2, 0) is 4.79 Å². The van der Waals surface area contributed by atoms with Crippen LogP contribution in [0.4, 0.5) is 5.69 Å². The van der Waals surface area contributed by atoms with Gasteiger partial charge >= 0.3 is 0 Å². The molecular formula is C16H20INOSi. The number of rotatable bonds is 4. The van der Waals surface area contributed by atoms with Crippen LogP contribution in [0.15, 0.2) is 48.1 Å². The van der Waals surface area contributed by atoms with Crippen LogP contribution in [0.2, 0.25) is 25.7 Å². The first-order chi connectivity index (χ1) is 9.35. The zero-order valence-electron chi connectivity index (χ0n) is 12.1. The minimum absolute atomic E-state index is 0.0129. The fourth-order valence-electron chi connectivity index (χ4n) is 2.03. The molecule has 0 aliphatic heterocycles. The molecule has 20 heavy (non-hydrogen) atoms. The van der Waals surface area contributed by atoms with Crippen molar-refractivity contribution in [2.24, 2.45) is 0 Å². The highest BCUT2D eigenvalue weighted by atomic mass is 127. The van der Waals surface area contributed by atoms with Crippen molar-refractivity contribution < 1.29 is 4.79 Å². The molecule has 1 aliphatic rings. The summed E-state index contributed by atoms with van der Waals surface area (Å²) in [4.78, 5) is 12.0. The first-order valence-corrected chi connectivity index (χ1v) is 11.6. The standard InChI is InChI=1S/C16H20INOSi/c1-20(2,3)11-10-14-15(8-9-16(14)19)18-13-6-4-12(17)5-7-13/h4-10,15,18H,11H2,1-3H3/b14-10-/t15-/m0/s1. The van der Waals surface area contributed by atoms with Gasteiger partial charge in [0.15, 0.2) is 5.78 Å². The highest BCUT2D eigenvalue weighted by molar-refractivity contribution is 14.1. The summed E-state index contributed by atoms with van der Waals surface area (Å²) in [5, 5.41) is 3.42. The van der Waals surface area contributed by atoms with E-state index in [1.165, 1.54) is 3.57 Å². The van der Waals surface area contributed by atoms with Crippen LogP contribution in [0, 0.1) is 3.57 Å². The lowest BCUT2D eigenvalue weighted by Gasteiger charge is -2.17. The minimum Gasteiger partial charge on any atom is -0.375 e. The summed E-state index contributed by atoms with van der Waals surface area (Å²) in [6.07, 6.45) is 5.77. The van der Waals surface area contributed by atoms with Crippen molar-refractivity contribution in [2.75, 3.05) is 5.32 Å². The van der Waals surface area contributed by atoms with E-state index in [-0.39, 0.29) is 11.8 Å². The topological polar surface area (TPSA) is 29.1 Å². The minimum atomic E-state index is -1.17. The molecule has 0 fully saturated rings. The number of hydrogen-bond donors (Lipinski definition) is 1. The third-order valence-corrected chi connectivity index (χ3v) is 5.31. The average molecular weight is 397 g/mol. The Bertz CT molecular complexity index is 555. The molecule has 1 atom stereocenters. The van der Waals surface area contributed by atoms with E-state index in [1.807, 2.05) is 6.08 Å². The maximum Gasteiger partial charge on any atom is 0.183 e. The molecule has 2 rings (SSSR count). The number of hydrogen-bond acceptors (Lipinski definition) is 2. The molecule has 1 aromatic rings. The summed E-state index contributed by atoms with van der Waals surface area (Å²) >= 11 is 2.29. The first-order valence-electron chi connectivity index (χ1n) is 6.80. The molecule has 0 radical (unpaired) electrons. The van der Waals surface area contributed by atoms with E-state index in [0.717, 1.165) is 17.3 Å². The number of anilines is 1. The number of carbonyl (C=O) groups excluding carboxylic acids is 1. The quantitative estimate of drug-likeness (QED) is 0.461. The molecule has 106 valence electrons. The number of benzene rings is 1. The normalized spacial score (nSPS) is 20.7. The average Bonchev–Trinajstić information content (AvgIpc) is 2.70. The van der Waals surface area contributed by atoms with Gasteiger partial charge in [-0.25, -0.2) is 0 Å². The number of carbonyl (C=O) groups is 1. The van der Waals surface area contributed by atoms with Crippen LogP contribution in [0.5, 0.6) is 0 Å². The molecule has 4 heteroatoms. The zero-order chi connectivity index (χ0) is 14.8. The maximum atomic E-state index is 12.0. The second-order valence-corrected chi connectivity index (χ2v) is 13.1. The van der Waals surface area contributed by atoms with Gasteiger partial charge in [0, 0.05) is 22.9 Å². The van der Waals surface area contributed by atoms with Crippen molar-refractivity contribution in [2.45, 2.75) is 31.7 Å². The summed E-state index contributed by atoms with van der Waals surface area (Å²) in [6, 6.07) is 9.28. The van der Waals surface area contributed by atoms with Crippen LogP contribution in [0.3, 0.4) is 0 Å². The highest BCUT2D eigenvalue weighted by Gasteiger charge is 2.23. The Labute approximate surface area is 135 Å². The Balaban J connectivity index is 2.12. The van der Waals surface area contributed by atoms with E-state index in [4.69, 9.17) is 0 Å². The summed E-state index contributed by atoms with van der Waals surface area (Å²) in [5.74, 6) is 0.145. The Morgan fingerprint density at radius 2 is 1.90 bits per heavy atom. The van der Waals surface area contributed by atoms with Gasteiger partial charge in [-0.05, 0) is 59.0 Å². The third-order valence-electron chi connectivity index (χ3n) is 3.16. The van der Waals surface area contributed by atoms with Crippen molar-refractivity contribution in [1.82, 2.24) is 0 Å². The van der Waals surface area contributed by atoms with Gasteiger partial charge in [0.1, 0.15) is 0 Å². The molecule has 2 nitrogen and oxygen atoms in total. The van der Waals surface area contributed by atoms with Gasteiger partial charge < -0.3 is 5.32 Å². The lowest BCUT2D eigenvalue weighted by atomic mass is 10.1. The van der Waals surface area contributed by atoms with Crippen LogP contribution in [-0.4, -0.2) is 19.9 Å². The van der Waals surface area contributed by atoms with Gasteiger partial charge in [0.2, 0.25) is 0 Å². The number of nitrogens with one attached hydrogen (secondary N) is 1. The Kier molecular flexibility index (Phi) is 4.85. The van der Waals surface area contributed by atoms with E-state index in [2.05, 4.69) is 77.9 Å². The second-order valence-electron chi connectivity index (χ2n) is 6.28. The van der Waals surface area contributed by atoms with Crippen LogP contribution >= 0.6 is 22.6 Å². The van der Waals surface area contributed by atoms with Crippen molar-refractivity contribution in [3.63, 3.8) is 0 Å². The summed E-state index contributed by atoms with van der Waals surface area (Å²) in [7, 11) is -1.17.